The molecule has 0 fully saturated rings. The second-order valence-corrected chi connectivity index (χ2v) is 9.75. The molecular weight excluding hydrogens is 478 g/mol. The maximum atomic E-state index is 12.6. The number of nitrogens with zero attached hydrogens (tertiary/aromatic N) is 2. The van der Waals surface area contributed by atoms with Crippen molar-refractivity contribution in [3.8, 4) is 17.1 Å². The van der Waals surface area contributed by atoms with Gasteiger partial charge in [-0.05, 0) is 48.7 Å². The van der Waals surface area contributed by atoms with Crippen molar-refractivity contribution in [1.82, 2.24) is 14.9 Å². The van der Waals surface area contributed by atoms with Crippen molar-refractivity contribution < 1.29 is 27.2 Å². The Morgan fingerprint density at radius 3 is 2.76 bits per heavy atom. The lowest BCUT2D eigenvalue weighted by Gasteiger charge is -2.07. The molecule has 2 aromatic carbocycles. The Hall–Kier alpha value is -3.54. The van der Waals surface area contributed by atoms with Gasteiger partial charge >= 0.3 is 5.97 Å². The van der Waals surface area contributed by atoms with Gasteiger partial charge in [0.1, 0.15) is 5.75 Å². The molecule has 0 aliphatic heterocycles. The van der Waals surface area contributed by atoms with Gasteiger partial charge < -0.3 is 14.0 Å². The van der Waals surface area contributed by atoms with Crippen molar-refractivity contribution in [3.05, 3.63) is 82.4 Å². The number of rotatable bonds is 10. The molecule has 0 aliphatic carbocycles. The number of carbonyl (C=O) groups excluding carboxylic acids is 1. The smallest absolute Gasteiger partial charge is 0.338 e. The number of hydrogen-bond donors (Lipinski definition) is 1. The van der Waals surface area contributed by atoms with E-state index in [2.05, 4.69) is 14.9 Å². The zero-order valence-corrected chi connectivity index (χ0v) is 19.8. The van der Waals surface area contributed by atoms with E-state index in [9.17, 15) is 13.2 Å². The highest BCUT2D eigenvalue weighted by Gasteiger charge is 2.18. The molecule has 176 valence electrons. The van der Waals surface area contributed by atoms with Crippen LogP contribution in [0.25, 0.3) is 11.4 Å². The average Bonchev–Trinajstić information content (AvgIpc) is 3.54. The SMILES string of the molecule is CCOc1ccccc1-c1noc(COC(=O)c2cccc(S(=O)(=O)NCc3cccs3)c2)n1. The molecule has 0 aliphatic rings. The number of nitrogens with one attached hydrogen (secondary N) is 1. The predicted octanol–water partition coefficient (Wildman–Crippen LogP) is 4.03. The van der Waals surface area contributed by atoms with Crippen LogP contribution < -0.4 is 9.46 Å². The third-order valence-electron chi connectivity index (χ3n) is 4.62. The molecule has 11 heteroatoms. The first-order valence-electron chi connectivity index (χ1n) is 10.3. The Morgan fingerprint density at radius 1 is 1.12 bits per heavy atom. The summed E-state index contributed by atoms with van der Waals surface area (Å²) >= 11 is 1.45. The Morgan fingerprint density at radius 2 is 1.97 bits per heavy atom. The Balaban J connectivity index is 1.40. The van der Waals surface area contributed by atoms with Crippen LogP contribution in [0.4, 0.5) is 0 Å². The lowest BCUT2D eigenvalue weighted by molar-refractivity contribution is 0.0429. The molecule has 1 N–H and O–H groups in total. The van der Waals surface area contributed by atoms with Crippen LogP contribution in [0.15, 0.2) is 75.5 Å². The van der Waals surface area contributed by atoms with Crippen LogP contribution in [0, 0.1) is 0 Å². The highest BCUT2D eigenvalue weighted by atomic mass is 32.2. The van der Waals surface area contributed by atoms with E-state index in [0.29, 0.717) is 23.7 Å². The molecular formula is C23H21N3O6S2. The highest BCUT2D eigenvalue weighted by Crippen LogP contribution is 2.27. The van der Waals surface area contributed by atoms with Gasteiger partial charge in [0.25, 0.3) is 5.89 Å². The summed E-state index contributed by atoms with van der Waals surface area (Å²) in [6.45, 7) is 2.26. The van der Waals surface area contributed by atoms with Gasteiger partial charge in [0, 0.05) is 11.4 Å². The van der Waals surface area contributed by atoms with Gasteiger partial charge in [-0.1, -0.05) is 29.4 Å². The topological polar surface area (TPSA) is 121 Å². The normalized spacial score (nSPS) is 11.3. The first-order valence-corrected chi connectivity index (χ1v) is 12.7. The van der Waals surface area contributed by atoms with Crippen molar-refractivity contribution in [3.63, 3.8) is 0 Å². The van der Waals surface area contributed by atoms with Gasteiger partial charge in [-0.25, -0.2) is 17.9 Å². The minimum atomic E-state index is -3.80. The minimum absolute atomic E-state index is 0.0360. The van der Waals surface area contributed by atoms with Crippen LogP contribution in [0.1, 0.15) is 28.0 Å². The number of benzene rings is 2. The van der Waals surface area contributed by atoms with Crippen molar-refractivity contribution >= 4 is 27.3 Å². The van der Waals surface area contributed by atoms with Crippen molar-refractivity contribution in [2.45, 2.75) is 25.0 Å². The van der Waals surface area contributed by atoms with Crippen LogP contribution in [0.5, 0.6) is 5.75 Å². The summed E-state index contributed by atoms with van der Waals surface area (Å²) in [5, 5.41) is 5.79. The molecule has 0 unspecified atom stereocenters. The Bertz CT molecular complexity index is 1370. The summed E-state index contributed by atoms with van der Waals surface area (Å²) in [7, 11) is -3.80. The third kappa shape index (κ3) is 5.68. The fourth-order valence-electron chi connectivity index (χ4n) is 3.02. The van der Waals surface area contributed by atoms with Crippen molar-refractivity contribution in [2.75, 3.05) is 6.61 Å². The van der Waals surface area contributed by atoms with Crippen LogP contribution in [0.2, 0.25) is 0 Å². The summed E-state index contributed by atoms with van der Waals surface area (Å²) < 4.78 is 43.7. The summed E-state index contributed by atoms with van der Waals surface area (Å²) in [5.74, 6) is 0.292. The monoisotopic (exact) mass is 499 g/mol. The number of ether oxygens (including phenoxy) is 2. The fraction of sp³-hybridized carbons (Fsp3) is 0.174. The number of hydrogen-bond acceptors (Lipinski definition) is 9. The van der Waals surface area contributed by atoms with E-state index in [4.69, 9.17) is 14.0 Å². The van der Waals surface area contributed by atoms with Gasteiger partial charge in [-0.2, -0.15) is 4.98 Å². The van der Waals surface area contributed by atoms with Gasteiger partial charge in [-0.15, -0.1) is 11.3 Å². The third-order valence-corrected chi connectivity index (χ3v) is 6.89. The van der Waals surface area contributed by atoms with E-state index in [1.807, 2.05) is 36.6 Å². The van der Waals surface area contributed by atoms with Gasteiger partial charge in [0.15, 0.2) is 6.61 Å². The van der Waals surface area contributed by atoms with E-state index < -0.39 is 16.0 Å². The average molecular weight is 500 g/mol. The quantitative estimate of drug-likeness (QED) is 0.325. The molecule has 0 spiro atoms. The second kappa shape index (κ2) is 10.6. The summed E-state index contributed by atoms with van der Waals surface area (Å²) in [6.07, 6.45) is 0. The number of esters is 1. The highest BCUT2D eigenvalue weighted by molar-refractivity contribution is 7.89. The zero-order chi connectivity index (χ0) is 24.0. The van der Waals surface area contributed by atoms with E-state index in [0.717, 1.165) is 4.88 Å². The first-order chi connectivity index (χ1) is 16.5. The maximum Gasteiger partial charge on any atom is 0.338 e. The van der Waals surface area contributed by atoms with Gasteiger partial charge in [0.2, 0.25) is 15.8 Å². The summed E-state index contributed by atoms with van der Waals surface area (Å²) in [4.78, 5) is 17.6. The van der Waals surface area contributed by atoms with Crippen molar-refractivity contribution in [2.24, 2.45) is 0 Å². The molecule has 0 saturated carbocycles. The first kappa shape index (κ1) is 23.6. The minimum Gasteiger partial charge on any atom is -0.493 e. The van der Waals surface area contributed by atoms with E-state index in [-0.39, 0.29) is 29.5 Å². The fourth-order valence-corrected chi connectivity index (χ4v) is 4.81. The number of carbonyl (C=O) groups is 1. The zero-order valence-electron chi connectivity index (χ0n) is 18.1. The Kier molecular flexibility index (Phi) is 7.36. The maximum absolute atomic E-state index is 12.6. The second-order valence-electron chi connectivity index (χ2n) is 6.95. The van der Waals surface area contributed by atoms with Crippen LogP contribution >= 0.6 is 11.3 Å². The van der Waals surface area contributed by atoms with E-state index >= 15 is 0 Å². The molecule has 34 heavy (non-hydrogen) atoms. The van der Waals surface area contributed by atoms with E-state index in [1.165, 1.54) is 35.6 Å². The lowest BCUT2D eigenvalue weighted by Crippen LogP contribution is -2.23. The number of aromatic nitrogens is 2. The lowest BCUT2D eigenvalue weighted by atomic mass is 10.2. The molecule has 2 heterocycles. The molecule has 0 radical (unpaired) electrons. The van der Waals surface area contributed by atoms with Gasteiger partial charge in [-0.3, -0.25) is 0 Å². The Labute approximate surface area is 200 Å². The number of para-hydroxylation sites is 1. The standard InChI is InChI=1S/C23H21N3O6S2/c1-2-30-20-11-4-3-10-19(20)22-25-21(32-26-22)15-31-23(27)16-7-5-9-18(13-16)34(28,29)24-14-17-8-6-12-33-17/h3-13,24H,2,14-15H2,1H3. The molecule has 0 amide bonds. The summed E-state index contributed by atoms with van der Waals surface area (Å²) in [5.41, 5.74) is 0.735. The van der Waals surface area contributed by atoms with E-state index in [1.54, 1.807) is 12.1 Å². The van der Waals surface area contributed by atoms with Crippen molar-refractivity contribution in [1.29, 1.82) is 0 Å². The molecule has 9 nitrogen and oxygen atoms in total. The van der Waals surface area contributed by atoms with Gasteiger partial charge in [0.05, 0.1) is 22.6 Å². The predicted molar refractivity (Wildman–Crippen MR) is 125 cm³/mol. The molecule has 4 aromatic rings. The molecule has 4 rings (SSSR count). The summed E-state index contributed by atoms with van der Waals surface area (Å²) in [6, 6.07) is 16.5. The van der Waals surface area contributed by atoms with Crippen LogP contribution in [0.3, 0.4) is 0 Å². The van der Waals surface area contributed by atoms with Crippen LogP contribution in [-0.2, 0) is 27.9 Å². The largest absolute Gasteiger partial charge is 0.493 e. The molecule has 2 aromatic heterocycles. The molecule has 0 bridgehead atoms. The molecule has 0 atom stereocenters. The number of sulfonamides is 1. The number of thiophene rings is 1. The molecule has 0 saturated heterocycles. The van der Waals surface area contributed by atoms with Crippen LogP contribution in [-0.4, -0.2) is 31.1 Å².